The topological polar surface area (TPSA) is 20.2 Å². The molecule has 2 heteroatoms. The van der Waals surface area contributed by atoms with Crippen molar-refractivity contribution in [3.63, 3.8) is 0 Å². The first-order valence-corrected chi connectivity index (χ1v) is 4.38. The molecule has 0 saturated carbocycles. The van der Waals surface area contributed by atoms with Crippen LogP contribution in [0.5, 0.6) is 5.75 Å². The molecule has 1 aromatic rings. The number of fused-ring (bicyclic) bond motifs is 1. The van der Waals surface area contributed by atoms with Crippen LogP contribution in [0.3, 0.4) is 0 Å². The maximum atomic E-state index is 9.53. The summed E-state index contributed by atoms with van der Waals surface area (Å²) in [5.41, 5.74) is 3.07. The van der Waals surface area contributed by atoms with Crippen LogP contribution in [0.25, 0.3) is 0 Å². The van der Waals surface area contributed by atoms with Gasteiger partial charge in [-0.15, -0.1) is 0 Å². The van der Waals surface area contributed by atoms with Crippen LogP contribution in [0.4, 0.5) is 0 Å². The normalized spacial score (nSPS) is 15.7. The maximum Gasteiger partial charge on any atom is 0.118 e. The fraction of sp³-hybridized carbons (Fsp3) is 0.400. The second kappa shape index (κ2) is 2.85. The molecule has 1 aliphatic rings. The molecule has 0 aromatic heterocycles. The van der Waals surface area contributed by atoms with Crippen LogP contribution in [0, 0.1) is 0 Å². The van der Waals surface area contributed by atoms with Crippen molar-refractivity contribution in [3.8, 4) is 5.75 Å². The minimum atomic E-state index is 0.416. The second-order valence-corrected chi connectivity index (χ2v) is 3.34. The second-order valence-electron chi connectivity index (χ2n) is 3.34. The van der Waals surface area contributed by atoms with E-state index < -0.39 is 0 Å². The highest BCUT2D eigenvalue weighted by molar-refractivity contribution is 6.33. The number of phenolic OH excluding ortho intramolecular Hbond substituents is 1. The number of hydrogen-bond donors (Lipinski definition) is 1. The van der Waals surface area contributed by atoms with E-state index >= 15 is 0 Å². The van der Waals surface area contributed by atoms with Crippen LogP contribution >= 0.6 is 0 Å². The van der Waals surface area contributed by atoms with Crippen molar-refractivity contribution in [1.29, 1.82) is 0 Å². The van der Waals surface area contributed by atoms with E-state index in [1.807, 2.05) is 0 Å². The minimum Gasteiger partial charge on any atom is -0.508 e. The van der Waals surface area contributed by atoms with Crippen molar-refractivity contribution in [2.45, 2.75) is 25.7 Å². The molecule has 0 fully saturated rings. The van der Waals surface area contributed by atoms with E-state index in [9.17, 15) is 5.11 Å². The van der Waals surface area contributed by atoms with Gasteiger partial charge in [0.05, 0.1) is 0 Å². The van der Waals surface area contributed by atoms with Gasteiger partial charge in [0.2, 0.25) is 0 Å². The average Bonchev–Trinajstić information content (AvgIpc) is 2.12. The van der Waals surface area contributed by atoms with Gasteiger partial charge in [0.25, 0.3) is 0 Å². The van der Waals surface area contributed by atoms with E-state index in [0.29, 0.717) is 5.75 Å². The number of hydrogen-bond acceptors (Lipinski definition) is 1. The Labute approximate surface area is 73.8 Å². The summed E-state index contributed by atoms with van der Waals surface area (Å²) in [5.74, 6) is 0.416. The maximum absolute atomic E-state index is 9.53. The Bertz CT molecular complexity index is 276. The quantitative estimate of drug-likeness (QED) is 0.559. The molecule has 60 valence electrons. The average molecular weight is 158 g/mol. The zero-order valence-corrected chi connectivity index (χ0v) is 7.01. The molecule has 0 unspecified atom stereocenters. The van der Waals surface area contributed by atoms with E-state index in [1.165, 1.54) is 18.4 Å². The van der Waals surface area contributed by atoms with Gasteiger partial charge >= 0.3 is 0 Å². The third-order valence-corrected chi connectivity index (χ3v) is 2.55. The molecule has 0 bridgehead atoms. The van der Waals surface area contributed by atoms with Crippen molar-refractivity contribution in [2.24, 2.45) is 0 Å². The van der Waals surface area contributed by atoms with E-state index in [4.69, 9.17) is 7.85 Å². The van der Waals surface area contributed by atoms with Crippen LogP contribution in [-0.4, -0.2) is 13.0 Å². The summed E-state index contributed by atoms with van der Waals surface area (Å²) in [6, 6.07) is 3.49. The first kappa shape index (κ1) is 7.72. The molecular formula is C10H11BO. The van der Waals surface area contributed by atoms with Gasteiger partial charge in [-0.2, -0.15) is 0 Å². The molecule has 1 nitrogen and oxygen atoms in total. The van der Waals surface area contributed by atoms with Crippen LogP contribution in [0.15, 0.2) is 12.1 Å². The van der Waals surface area contributed by atoms with Gasteiger partial charge in [-0.05, 0) is 42.9 Å². The Kier molecular flexibility index (Phi) is 1.83. The molecule has 0 saturated heterocycles. The molecule has 1 N–H and O–H groups in total. The molecule has 1 aliphatic carbocycles. The first-order chi connectivity index (χ1) is 5.79. The minimum absolute atomic E-state index is 0.416. The zero-order valence-electron chi connectivity index (χ0n) is 7.01. The highest BCUT2D eigenvalue weighted by Crippen LogP contribution is 2.26. The molecule has 12 heavy (non-hydrogen) atoms. The Morgan fingerprint density at radius 3 is 2.42 bits per heavy atom. The molecule has 1 aromatic carbocycles. The van der Waals surface area contributed by atoms with Crippen molar-refractivity contribution in [1.82, 2.24) is 0 Å². The van der Waals surface area contributed by atoms with Crippen LogP contribution in [0.1, 0.15) is 24.0 Å². The predicted octanol–water partition coefficient (Wildman–Crippen LogP) is 1.06. The lowest BCUT2D eigenvalue weighted by Gasteiger charge is -2.19. The highest BCUT2D eigenvalue weighted by Gasteiger charge is 2.13. The van der Waals surface area contributed by atoms with E-state index in [2.05, 4.69) is 0 Å². The molecule has 0 heterocycles. The van der Waals surface area contributed by atoms with Gasteiger partial charge in [0.15, 0.2) is 0 Å². The van der Waals surface area contributed by atoms with Crippen LogP contribution in [-0.2, 0) is 12.8 Å². The number of benzene rings is 1. The van der Waals surface area contributed by atoms with E-state index in [1.54, 1.807) is 12.1 Å². The highest BCUT2D eigenvalue weighted by atomic mass is 16.3. The molecule has 0 amide bonds. The molecule has 2 radical (unpaired) electrons. The molecule has 0 atom stereocenters. The predicted molar refractivity (Wildman–Crippen MR) is 50.1 cm³/mol. The SMILES string of the molecule is [B]c1ccc(O)c2c1CCCC2. The summed E-state index contributed by atoms with van der Waals surface area (Å²) in [5, 5.41) is 9.53. The fourth-order valence-electron chi connectivity index (χ4n) is 1.88. The summed E-state index contributed by atoms with van der Waals surface area (Å²) < 4.78 is 0. The lowest BCUT2D eigenvalue weighted by molar-refractivity contribution is 0.462. The Morgan fingerprint density at radius 1 is 1.08 bits per heavy atom. The van der Waals surface area contributed by atoms with Gasteiger partial charge in [0, 0.05) is 0 Å². The van der Waals surface area contributed by atoms with Crippen molar-refractivity contribution < 1.29 is 5.11 Å². The zero-order chi connectivity index (χ0) is 8.55. The largest absolute Gasteiger partial charge is 0.508 e. The first-order valence-electron chi connectivity index (χ1n) is 4.38. The van der Waals surface area contributed by atoms with Crippen LogP contribution in [0.2, 0.25) is 0 Å². The van der Waals surface area contributed by atoms with Gasteiger partial charge < -0.3 is 5.11 Å². The fourth-order valence-corrected chi connectivity index (χ4v) is 1.88. The summed E-state index contributed by atoms with van der Waals surface area (Å²) >= 11 is 0. The summed E-state index contributed by atoms with van der Waals surface area (Å²) in [7, 11) is 5.80. The molecule has 0 aliphatic heterocycles. The lowest BCUT2D eigenvalue weighted by Crippen LogP contribution is -2.16. The van der Waals surface area contributed by atoms with Gasteiger partial charge in [-0.3, -0.25) is 0 Å². The van der Waals surface area contributed by atoms with Gasteiger partial charge in [-0.1, -0.05) is 11.5 Å². The summed E-state index contributed by atoms with van der Waals surface area (Å²) in [6.45, 7) is 0. The standard InChI is InChI=1S/C10H11BO/c11-9-5-6-10(12)8-4-2-1-3-7(8)9/h5-6,12H,1-4H2. The summed E-state index contributed by atoms with van der Waals surface area (Å²) in [4.78, 5) is 0. The van der Waals surface area contributed by atoms with E-state index in [0.717, 1.165) is 23.9 Å². The number of phenols is 1. The Hall–Kier alpha value is -0.915. The van der Waals surface area contributed by atoms with Crippen molar-refractivity contribution in [3.05, 3.63) is 23.3 Å². The third-order valence-electron chi connectivity index (χ3n) is 2.55. The smallest absolute Gasteiger partial charge is 0.118 e. The molecular weight excluding hydrogens is 147 g/mol. The number of rotatable bonds is 0. The van der Waals surface area contributed by atoms with Gasteiger partial charge in [0.1, 0.15) is 13.6 Å². The summed E-state index contributed by atoms with van der Waals surface area (Å²) in [6.07, 6.45) is 4.37. The Morgan fingerprint density at radius 2 is 1.75 bits per heavy atom. The van der Waals surface area contributed by atoms with Crippen molar-refractivity contribution in [2.75, 3.05) is 0 Å². The van der Waals surface area contributed by atoms with Crippen LogP contribution < -0.4 is 5.46 Å². The van der Waals surface area contributed by atoms with Crippen molar-refractivity contribution >= 4 is 13.3 Å². The lowest BCUT2D eigenvalue weighted by atomic mass is 9.80. The van der Waals surface area contributed by atoms with Gasteiger partial charge in [-0.25, -0.2) is 0 Å². The monoisotopic (exact) mass is 158 g/mol. The third kappa shape index (κ3) is 1.11. The number of aromatic hydroxyl groups is 1. The molecule has 2 rings (SSSR count). The molecule has 0 spiro atoms. The Balaban J connectivity index is 2.57. The van der Waals surface area contributed by atoms with E-state index in [-0.39, 0.29) is 0 Å².